The third kappa shape index (κ3) is 4.11. The summed E-state index contributed by atoms with van der Waals surface area (Å²) in [7, 11) is -3.42. The van der Waals surface area contributed by atoms with Gasteiger partial charge in [-0.3, -0.25) is 18.9 Å². The number of anilines is 1. The number of pyridine rings is 1. The second kappa shape index (κ2) is 8.66. The molecule has 190 valence electrons. The van der Waals surface area contributed by atoms with Crippen LogP contribution in [0.15, 0.2) is 35.5 Å². The molecular formula is C22H25F3N4O5S. The Kier molecular flexibility index (Phi) is 6.24. The van der Waals surface area contributed by atoms with Crippen molar-refractivity contribution in [3.63, 3.8) is 0 Å². The second-order valence-corrected chi connectivity index (χ2v) is 11.7. The minimum absolute atomic E-state index is 0.0124. The molecule has 2 aromatic rings. The summed E-state index contributed by atoms with van der Waals surface area (Å²) in [6, 6.07) is 5.02. The zero-order valence-electron chi connectivity index (χ0n) is 19.1. The van der Waals surface area contributed by atoms with Crippen LogP contribution in [0.25, 0.3) is 0 Å². The van der Waals surface area contributed by atoms with E-state index in [4.69, 9.17) is 10.5 Å². The zero-order valence-corrected chi connectivity index (χ0v) is 19.9. The van der Waals surface area contributed by atoms with Crippen LogP contribution in [0.2, 0.25) is 0 Å². The van der Waals surface area contributed by atoms with Crippen LogP contribution in [0.5, 0.6) is 5.75 Å². The number of nitrogens with zero attached hydrogens (tertiary/aromatic N) is 2. The predicted octanol–water partition coefficient (Wildman–Crippen LogP) is 3.88. The number of fused-ring (bicyclic) bond motifs is 1. The number of nitrogens with two attached hydrogens (primary N) is 1. The highest BCUT2D eigenvalue weighted by Gasteiger charge is 2.61. The van der Waals surface area contributed by atoms with Crippen LogP contribution in [0, 0.1) is 12.7 Å². The predicted molar refractivity (Wildman–Crippen MR) is 125 cm³/mol. The average molecular weight is 515 g/mol. The first-order valence-corrected chi connectivity index (χ1v) is 12.1. The third-order valence-electron chi connectivity index (χ3n) is 6.39. The fraction of sp³-hybridized carbons (Fsp3) is 0.409. The number of benzene rings is 1. The SMILES string of the molecule is Cc1cc(OC(F)F)cnc1C(=O)Nc1ccc(F)c(C23COC[C@H]2S(O)(O)C(C)(C)C(N)=N3)c1. The number of amidine groups is 1. The number of nitrogens with one attached hydrogen (secondary N) is 1. The summed E-state index contributed by atoms with van der Waals surface area (Å²) in [5.74, 6) is -1.59. The first kappa shape index (κ1) is 25.2. The maximum absolute atomic E-state index is 15.1. The average Bonchev–Trinajstić information content (AvgIpc) is 3.19. The molecule has 4 rings (SSSR count). The molecule has 0 saturated carbocycles. The van der Waals surface area contributed by atoms with Gasteiger partial charge in [0, 0.05) is 11.3 Å². The molecular weight excluding hydrogens is 489 g/mol. The van der Waals surface area contributed by atoms with Crippen LogP contribution < -0.4 is 15.8 Å². The minimum atomic E-state index is -3.42. The summed E-state index contributed by atoms with van der Waals surface area (Å²) in [4.78, 5) is 21.2. The Bertz CT molecular complexity index is 1210. The molecule has 1 fully saturated rings. The number of alkyl halides is 2. The molecule has 0 spiro atoms. The van der Waals surface area contributed by atoms with Gasteiger partial charge in [0.25, 0.3) is 5.91 Å². The molecule has 2 atom stereocenters. The Labute approximate surface area is 200 Å². The van der Waals surface area contributed by atoms with E-state index in [1.807, 2.05) is 0 Å². The van der Waals surface area contributed by atoms with Crippen molar-refractivity contribution < 1.29 is 36.5 Å². The quantitative estimate of drug-likeness (QED) is 0.475. The van der Waals surface area contributed by atoms with Crippen LogP contribution in [-0.4, -0.2) is 55.7 Å². The van der Waals surface area contributed by atoms with Gasteiger partial charge in [0.1, 0.15) is 38.6 Å². The first-order valence-electron chi connectivity index (χ1n) is 10.5. The molecule has 0 radical (unpaired) electrons. The van der Waals surface area contributed by atoms with Crippen LogP contribution in [0.3, 0.4) is 0 Å². The molecule has 1 amide bonds. The van der Waals surface area contributed by atoms with Crippen LogP contribution >= 0.6 is 10.6 Å². The van der Waals surface area contributed by atoms with Crippen LogP contribution in [0.4, 0.5) is 18.9 Å². The van der Waals surface area contributed by atoms with Crippen molar-refractivity contribution >= 4 is 28.0 Å². The Balaban J connectivity index is 1.69. The van der Waals surface area contributed by atoms with Gasteiger partial charge in [-0.25, -0.2) is 9.37 Å². The van der Waals surface area contributed by atoms with E-state index >= 15 is 4.39 Å². The highest BCUT2D eigenvalue weighted by Crippen LogP contribution is 2.66. The number of rotatable bonds is 5. The molecule has 2 aliphatic rings. The topological polar surface area (TPSA) is 139 Å². The van der Waals surface area contributed by atoms with E-state index in [1.54, 1.807) is 13.8 Å². The number of amides is 1. The largest absolute Gasteiger partial charge is 0.433 e. The smallest absolute Gasteiger partial charge is 0.387 e. The van der Waals surface area contributed by atoms with Gasteiger partial charge in [0.05, 0.1) is 19.4 Å². The molecule has 2 aliphatic heterocycles. The minimum Gasteiger partial charge on any atom is -0.433 e. The summed E-state index contributed by atoms with van der Waals surface area (Å²) in [6.45, 7) is 1.39. The van der Waals surface area contributed by atoms with Crippen LogP contribution in [0.1, 0.15) is 35.5 Å². The van der Waals surface area contributed by atoms with Gasteiger partial charge in [-0.05, 0) is 50.6 Å². The van der Waals surface area contributed by atoms with Gasteiger partial charge in [-0.1, -0.05) is 0 Å². The number of aliphatic imine (C=N–C) groups is 1. The summed E-state index contributed by atoms with van der Waals surface area (Å²) in [6.07, 6.45) is 0.996. The normalized spacial score (nSPS) is 25.5. The van der Waals surface area contributed by atoms with Crippen molar-refractivity contribution in [1.29, 1.82) is 0 Å². The molecule has 0 bridgehead atoms. The molecule has 1 aromatic heterocycles. The van der Waals surface area contributed by atoms with Gasteiger partial charge in [0.15, 0.2) is 0 Å². The lowest BCUT2D eigenvalue weighted by atomic mass is 9.87. The van der Waals surface area contributed by atoms with Gasteiger partial charge in [-0.15, -0.1) is 0 Å². The Morgan fingerprint density at radius 3 is 2.71 bits per heavy atom. The molecule has 35 heavy (non-hydrogen) atoms. The maximum Gasteiger partial charge on any atom is 0.387 e. The molecule has 1 saturated heterocycles. The van der Waals surface area contributed by atoms with E-state index in [0.29, 0.717) is 0 Å². The van der Waals surface area contributed by atoms with Gasteiger partial charge in [0.2, 0.25) is 0 Å². The standard InChI is InChI=1S/C22H25F3N4O5S/c1-11-6-13(34-20(24)25)8-27-17(11)18(30)28-12-4-5-15(23)14(7-12)22-10-33-9-16(22)35(31,32)21(2,3)19(26)29-22/h4-8,16,20,31-32H,9-10H2,1-3H3,(H2,26,29)(H,28,30)/t16-,22?/m1/s1. The maximum atomic E-state index is 15.1. The highest BCUT2D eigenvalue weighted by atomic mass is 32.3. The Morgan fingerprint density at radius 1 is 1.34 bits per heavy atom. The molecule has 1 unspecified atom stereocenters. The van der Waals surface area contributed by atoms with Crippen molar-refractivity contribution in [1.82, 2.24) is 4.98 Å². The molecule has 9 nitrogen and oxygen atoms in total. The number of aryl methyl sites for hydroxylation is 1. The number of hydrogen-bond donors (Lipinski definition) is 4. The fourth-order valence-corrected chi connectivity index (χ4v) is 6.42. The van der Waals surface area contributed by atoms with E-state index in [9.17, 15) is 22.7 Å². The summed E-state index contributed by atoms with van der Waals surface area (Å²) >= 11 is 0. The number of hydrogen-bond acceptors (Lipinski definition) is 8. The van der Waals surface area contributed by atoms with Gasteiger partial charge >= 0.3 is 6.61 Å². The Morgan fingerprint density at radius 2 is 2.06 bits per heavy atom. The Hall–Kier alpha value is -2.87. The van der Waals surface area contributed by atoms with Crippen LogP contribution in [-0.2, 0) is 10.3 Å². The molecule has 5 N–H and O–H groups in total. The second-order valence-electron chi connectivity index (χ2n) is 8.89. The van der Waals surface area contributed by atoms with E-state index in [0.717, 1.165) is 12.3 Å². The summed E-state index contributed by atoms with van der Waals surface area (Å²) < 4.78 is 70.7. The van der Waals surface area contributed by atoms with Crippen molar-refractivity contribution in [3.8, 4) is 5.75 Å². The number of halogens is 3. The zero-order chi connectivity index (χ0) is 25.8. The van der Waals surface area contributed by atoms with E-state index < -0.39 is 44.5 Å². The molecule has 1 aromatic carbocycles. The lowest BCUT2D eigenvalue weighted by Crippen LogP contribution is -2.57. The number of carbonyl (C=O) groups is 1. The van der Waals surface area contributed by atoms with Gasteiger partial charge in [-0.2, -0.15) is 19.4 Å². The van der Waals surface area contributed by atoms with E-state index in [1.165, 1.54) is 25.1 Å². The molecule has 3 heterocycles. The van der Waals surface area contributed by atoms with E-state index in [2.05, 4.69) is 20.0 Å². The third-order valence-corrected chi connectivity index (χ3v) is 9.42. The lowest BCUT2D eigenvalue weighted by Gasteiger charge is -2.56. The van der Waals surface area contributed by atoms with E-state index in [-0.39, 0.29) is 47.3 Å². The first-order chi connectivity index (χ1) is 16.3. The highest BCUT2D eigenvalue weighted by molar-refractivity contribution is 8.26. The van der Waals surface area contributed by atoms with Crippen molar-refractivity contribution in [3.05, 3.63) is 53.1 Å². The van der Waals surface area contributed by atoms with Crippen molar-refractivity contribution in [2.75, 3.05) is 18.5 Å². The molecule has 13 heteroatoms. The molecule has 0 aliphatic carbocycles. The van der Waals surface area contributed by atoms with Crippen molar-refractivity contribution in [2.24, 2.45) is 10.7 Å². The monoisotopic (exact) mass is 514 g/mol. The number of carbonyl (C=O) groups excluding carboxylic acids is 1. The fourth-order valence-electron chi connectivity index (χ4n) is 4.27. The van der Waals surface area contributed by atoms with Gasteiger partial charge < -0.3 is 20.5 Å². The lowest BCUT2D eigenvalue weighted by molar-refractivity contribution is -0.0501. The summed E-state index contributed by atoms with van der Waals surface area (Å²) in [5.41, 5.74) is 5.01. The number of ether oxygens (including phenoxy) is 2. The summed E-state index contributed by atoms with van der Waals surface area (Å²) in [5, 5.41) is 1.64. The van der Waals surface area contributed by atoms with Crippen molar-refractivity contribution in [2.45, 2.75) is 42.9 Å². The number of aromatic nitrogens is 1.